The van der Waals surface area contributed by atoms with Gasteiger partial charge >= 0.3 is 0 Å². The van der Waals surface area contributed by atoms with Gasteiger partial charge in [0.15, 0.2) is 17.5 Å². The van der Waals surface area contributed by atoms with Crippen molar-refractivity contribution in [1.82, 2.24) is 0 Å². The predicted octanol–water partition coefficient (Wildman–Crippen LogP) is 3.20. The fraction of sp³-hybridized carbons (Fsp3) is 0.235. The number of hydrogen-bond donors (Lipinski definition) is 1. The number of halogens is 3. The lowest BCUT2D eigenvalue weighted by atomic mass is 9.97. The molecule has 0 radical (unpaired) electrons. The Morgan fingerprint density at radius 2 is 1.96 bits per heavy atom. The van der Waals surface area contributed by atoms with Gasteiger partial charge < -0.3 is 14.7 Å². The zero-order chi connectivity index (χ0) is 17.4. The zero-order valence-electron chi connectivity index (χ0n) is 12.7. The quantitative estimate of drug-likeness (QED) is 0.856. The van der Waals surface area contributed by atoms with Crippen molar-refractivity contribution in [1.29, 1.82) is 0 Å². The van der Waals surface area contributed by atoms with Crippen LogP contribution >= 0.6 is 0 Å². The monoisotopic (exact) mass is 337 g/mol. The first-order chi connectivity index (χ1) is 11.4. The number of benzene rings is 2. The Labute approximate surface area is 136 Å². The smallest absolute Gasteiger partial charge is 0.261 e. The molecule has 1 aliphatic heterocycles. The van der Waals surface area contributed by atoms with Crippen LogP contribution in [0.15, 0.2) is 30.3 Å². The molecule has 7 heteroatoms. The molecular formula is C17H14F3NO3. The first kappa shape index (κ1) is 16.3. The number of carbonyl (C=O) groups excluding carboxylic acids is 1. The Bertz CT molecular complexity index is 810. The standard InChI is InChI=1S/C17H14F3NO3/c1-24-9-2-3-10-13(8-9)21(7-6-14(10)22)17(23)11-4-5-12(18)16(20)15(11)19/h2-5,8,14,22H,6-7H2,1H3. The molecule has 0 saturated heterocycles. The summed E-state index contributed by atoms with van der Waals surface area (Å²) >= 11 is 0. The van der Waals surface area contributed by atoms with E-state index in [1.54, 1.807) is 12.1 Å². The lowest BCUT2D eigenvalue weighted by molar-refractivity contribution is 0.0965. The molecule has 0 bridgehead atoms. The first-order valence-electron chi connectivity index (χ1n) is 7.25. The summed E-state index contributed by atoms with van der Waals surface area (Å²) in [5.74, 6) is -4.95. The molecular weight excluding hydrogens is 323 g/mol. The van der Waals surface area contributed by atoms with E-state index in [1.807, 2.05) is 0 Å². The third-order valence-electron chi connectivity index (χ3n) is 4.02. The molecule has 126 valence electrons. The minimum Gasteiger partial charge on any atom is -0.497 e. The highest BCUT2D eigenvalue weighted by Crippen LogP contribution is 2.37. The summed E-state index contributed by atoms with van der Waals surface area (Å²) in [4.78, 5) is 13.9. The lowest BCUT2D eigenvalue weighted by Gasteiger charge is -2.32. The van der Waals surface area contributed by atoms with Crippen LogP contribution < -0.4 is 9.64 Å². The molecule has 1 aliphatic rings. The summed E-state index contributed by atoms with van der Waals surface area (Å²) in [5.41, 5.74) is 0.264. The second kappa shape index (κ2) is 6.16. The molecule has 0 aliphatic carbocycles. The number of methoxy groups -OCH3 is 1. The van der Waals surface area contributed by atoms with Crippen LogP contribution in [0.4, 0.5) is 18.9 Å². The van der Waals surface area contributed by atoms with Crippen LogP contribution in [-0.2, 0) is 0 Å². The lowest BCUT2D eigenvalue weighted by Crippen LogP contribution is -2.37. The number of fused-ring (bicyclic) bond motifs is 1. The largest absolute Gasteiger partial charge is 0.497 e. The topological polar surface area (TPSA) is 49.8 Å². The highest BCUT2D eigenvalue weighted by atomic mass is 19.2. The van der Waals surface area contributed by atoms with E-state index in [9.17, 15) is 23.1 Å². The van der Waals surface area contributed by atoms with Crippen LogP contribution in [0, 0.1) is 17.5 Å². The Morgan fingerprint density at radius 1 is 1.21 bits per heavy atom. The second-order valence-electron chi connectivity index (χ2n) is 5.41. The summed E-state index contributed by atoms with van der Waals surface area (Å²) in [6.07, 6.45) is -0.527. The summed E-state index contributed by atoms with van der Waals surface area (Å²) in [7, 11) is 1.45. The number of amides is 1. The van der Waals surface area contributed by atoms with Gasteiger partial charge in [-0.2, -0.15) is 0 Å². The molecule has 0 aromatic heterocycles. The number of ether oxygens (including phenoxy) is 1. The highest BCUT2D eigenvalue weighted by Gasteiger charge is 2.31. The molecule has 0 fully saturated rings. The number of hydrogen-bond acceptors (Lipinski definition) is 3. The molecule has 1 unspecified atom stereocenters. The van der Waals surface area contributed by atoms with Gasteiger partial charge in [0.05, 0.1) is 24.5 Å². The van der Waals surface area contributed by atoms with Crippen LogP contribution in [0.5, 0.6) is 5.75 Å². The fourth-order valence-electron chi connectivity index (χ4n) is 2.74. The van der Waals surface area contributed by atoms with Crippen molar-refractivity contribution in [3.63, 3.8) is 0 Å². The summed E-state index contributed by atoms with van der Waals surface area (Å²) in [6.45, 7) is 0.110. The zero-order valence-corrected chi connectivity index (χ0v) is 12.7. The third kappa shape index (κ3) is 2.60. The van der Waals surface area contributed by atoms with Gasteiger partial charge in [-0.25, -0.2) is 13.2 Å². The van der Waals surface area contributed by atoms with Crippen LogP contribution in [0.25, 0.3) is 0 Å². The summed E-state index contributed by atoms with van der Waals surface area (Å²) < 4.78 is 45.5. The van der Waals surface area contributed by atoms with Gasteiger partial charge in [-0.1, -0.05) is 6.07 Å². The molecule has 24 heavy (non-hydrogen) atoms. The number of aliphatic hydroxyl groups excluding tert-OH is 1. The molecule has 3 rings (SSSR count). The number of nitrogens with zero attached hydrogens (tertiary/aromatic N) is 1. The Morgan fingerprint density at radius 3 is 2.67 bits per heavy atom. The Balaban J connectivity index is 2.06. The van der Waals surface area contributed by atoms with Gasteiger partial charge in [0.25, 0.3) is 5.91 Å². The number of anilines is 1. The van der Waals surface area contributed by atoms with Crippen molar-refractivity contribution in [2.24, 2.45) is 0 Å². The van der Waals surface area contributed by atoms with Crippen LogP contribution in [0.1, 0.15) is 28.4 Å². The predicted molar refractivity (Wildman–Crippen MR) is 80.6 cm³/mol. The number of carbonyl (C=O) groups is 1. The highest BCUT2D eigenvalue weighted by molar-refractivity contribution is 6.07. The van der Waals surface area contributed by atoms with Crippen LogP contribution in [-0.4, -0.2) is 24.7 Å². The van der Waals surface area contributed by atoms with Crippen molar-refractivity contribution in [2.45, 2.75) is 12.5 Å². The maximum absolute atomic E-state index is 13.9. The average Bonchev–Trinajstić information content (AvgIpc) is 2.59. The van der Waals surface area contributed by atoms with Crippen LogP contribution in [0.3, 0.4) is 0 Å². The van der Waals surface area contributed by atoms with E-state index in [0.29, 0.717) is 23.1 Å². The minimum absolute atomic E-state index is 0.110. The van der Waals surface area contributed by atoms with Gasteiger partial charge in [-0.15, -0.1) is 0 Å². The van der Waals surface area contributed by atoms with Gasteiger partial charge in [-0.3, -0.25) is 4.79 Å². The van der Waals surface area contributed by atoms with Crippen molar-refractivity contribution in [3.05, 3.63) is 58.9 Å². The van der Waals surface area contributed by atoms with Crippen molar-refractivity contribution in [2.75, 3.05) is 18.6 Å². The summed E-state index contributed by atoms with van der Waals surface area (Å²) in [5, 5.41) is 10.1. The number of aliphatic hydroxyl groups is 1. The van der Waals surface area contributed by atoms with Crippen molar-refractivity contribution < 1.29 is 27.8 Å². The maximum atomic E-state index is 13.9. The molecule has 1 atom stereocenters. The summed E-state index contributed by atoms with van der Waals surface area (Å²) in [6, 6.07) is 6.39. The van der Waals surface area contributed by atoms with Crippen LogP contribution in [0.2, 0.25) is 0 Å². The van der Waals surface area contributed by atoms with Crippen molar-refractivity contribution in [3.8, 4) is 5.75 Å². The molecule has 1 N–H and O–H groups in total. The van der Waals surface area contributed by atoms with E-state index in [4.69, 9.17) is 4.74 Å². The Hall–Kier alpha value is -2.54. The van der Waals surface area contributed by atoms with Gasteiger partial charge in [-0.05, 0) is 24.6 Å². The molecule has 0 saturated carbocycles. The molecule has 4 nitrogen and oxygen atoms in total. The fourth-order valence-corrected chi connectivity index (χ4v) is 2.74. The molecule has 1 amide bonds. The van der Waals surface area contributed by atoms with Crippen molar-refractivity contribution >= 4 is 11.6 Å². The number of rotatable bonds is 2. The van der Waals surface area contributed by atoms with E-state index in [2.05, 4.69) is 0 Å². The van der Waals surface area contributed by atoms with E-state index in [0.717, 1.165) is 6.07 Å². The van der Waals surface area contributed by atoms with E-state index in [-0.39, 0.29) is 13.0 Å². The van der Waals surface area contributed by atoms with Gasteiger partial charge in [0.1, 0.15) is 5.75 Å². The molecule has 1 heterocycles. The second-order valence-corrected chi connectivity index (χ2v) is 5.41. The van der Waals surface area contributed by atoms with E-state index < -0.39 is 35.0 Å². The van der Waals surface area contributed by atoms with E-state index in [1.165, 1.54) is 18.1 Å². The SMILES string of the molecule is COc1ccc2c(c1)N(C(=O)c1ccc(F)c(F)c1F)CCC2O. The Kier molecular flexibility index (Phi) is 4.19. The van der Waals surface area contributed by atoms with Gasteiger partial charge in [0, 0.05) is 18.2 Å². The minimum atomic E-state index is -1.69. The normalized spacial score (nSPS) is 16.7. The maximum Gasteiger partial charge on any atom is 0.261 e. The first-order valence-corrected chi connectivity index (χ1v) is 7.25. The third-order valence-corrected chi connectivity index (χ3v) is 4.02. The molecule has 2 aromatic rings. The molecule has 0 spiro atoms. The van der Waals surface area contributed by atoms with Gasteiger partial charge in [0.2, 0.25) is 0 Å². The van der Waals surface area contributed by atoms with E-state index >= 15 is 0 Å². The molecule has 2 aromatic carbocycles. The average molecular weight is 337 g/mol.